The molecule has 21 heavy (non-hydrogen) atoms. The van der Waals surface area contributed by atoms with Crippen molar-refractivity contribution >= 4 is 23.2 Å². The van der Waals surface area contributed by atoms with Crippen molar-refractivity contribution in [1.29, 1.82) is 0 Å². The first-order valence-corrected chi connectivity index (χ1v) is 7.82. The van der Waals surface area contributed by atoms with Crippen molar-refractivity contribution in [3.8, 4) is 5.75 Å². The molecule has 110 valence electrons. The van der Waals surface area contributed by atoms with Crippen LogP contribution in [-0.2, 0) is 13.0 Å². The molecule has 0 radical (unpaired) electrons. The summed E-state index contributed by atoms with van der Waals surface area (Å²) in [6.45, 7) is 3.58. The SMILES string of the molecule is C[C@H](NCc1cc(Cl)cc2c1OCC2)c1cccc(Cl)c1. The smallest absolute Gasteiger partial charge is 0.127 e. The van der Waals surface area contributed by atoms with Crippen LogP contribution in [0.4, 0.5) is 0 Å². The zero-order chi connectivity index (χ0) is 14.8. The molecular formula is C17H17Cl2NO. The minimum Gasteiger partial charge on any atom is -0.493 e. The Morgan fingerprint density at radius 2 is 2.05 bits per heavy atom. The molecule has 2 nitrogen and oxygen atoms in total. The summed E-state index contributed by atoms with van der Waals surface area (Å²) >= 11 is 12.2. The van der Waals surface area contributed by atoms with Gasteiger partial charge in [0.05, 0.1) is 6.61 Å². The highest BCUT2D eigenvalue weighted by Gasteiger charge is 2.18. The van der Waals surface area contributed by atoms with Crippen LogP contribution in [0.1, 0.15) is 29.7 Å². The zero-order valence-corrected chi connectivity index (χ0v) is 13.3. The lowest BCUT2D eigenvalue weighted by atomic mass is 10.1. The fourth-order valence-corrected chi connectivity index (χ4v) is 3.10. The largest absolute Gasteiger partial charge is 0.493 e. The number of rotatable bonds is 4. The lowest BCUT2D eigenvalue weighted by molar-refractivity contribution is 0.351. The normalized spacial score (nSPS) is 14.6. The minimum atomic E-state index is 0.208. The second-order valence-corrected chi connectivity index (χ2v) is 6.18. The molecule has 0 unspecified atom stereocenters. The summed E-state index contributed by atoms with van der Waals surface area (Å²) in [5, 5.41) is 5.03. The molecule has 1 aliphatic heterocycles. The fraction of sp³-hybridized carbons (Fsp3) is 0.294. The first-order chi connectivity index (χ1) is 10.1. The van der Waals surface area contributed by atoms with E-state index < -0.39 is 0 Å². The van der Waals surface area contributed by atoms with Gasteiger partial charge in [-0.1, -0.05) is 35.3 Å². The predicted octanol–water partition coefficient (Wildman–Crippen LogP) is 4.78. The van der Waals surface area contributed by atoms with Gasteiger partial charge in [-0.3, -0.25) is 0 Å². The molecule has 0 saturated heterocycles. The summed E-state index contributed by atoms with van der Waals surface area (Å²) in [5.41, 5.74) is 3.49. The molecule has 1 atom stereocenters. The molecule has 2 aromatic rings. The van der Waals surface area contributed by atoms with E-state index in [9.17, 15) is 0 Å². The van der Waals surface area contributed by atoms with Crippen LogP contribution in [-0.4, -0.2) is 6.61 Å². The summed E-state index contributed by atoms with van der Waals surface area (Å²) in [4.78, 5) is 0. The molecule has 0 bridgehead atoms. The molecular weight excluding hydrogens is 305 g/mol. The third kappa shape index (κ3) is 3.34. The Morgan fingerprint density at radius 1 is 1.19 bits per heavy atom. The highest BCUT2D eigenvalue weighted by Crippen LogP contribution is 2.33. The molecule has 0 fully saturated rings. The standard InChI is InChI=1S/C17H17Cl2NO/c1-11(12-3-2-4-15(18)7-12)20-10-14-9-16(19)8-13-5-6-21-17(13)14/h2-4,7-9,11,20H,5-6,10H2,1H3/t11-/m0/s1. The summed E-state index contributed by atoms with van der Waals surface area (Å²) < 4.78 is 5.72. The number of ether oxygens (including phenoxy) is 1. The highest BCUT2D eigenvalue weighted by molar-refractivity contribution is 6.31. The van der Waals surface area contributed by atoms with Crippen LogP contribution < -0.4 is 10.1 Å². The minimum absolute atomic E-state index is 0.208. The first kappa shape index (κ1) is 14.7. The maximum absolute atomic E-state index is 6.18. The van der Waals surface area contributed by atoms with Crippen molar-refractivity contribution in [2.24, 2.45) is 0 Å². The number of hydrogen-bond donors (Lipinski definition) is 1. The Morgan fingerprint density at radius 3 is 2.86 bits per heavy atom. The van der Waals surface area contributed by atoms with E-state index in [0.717, 1.165) is 40.9 Å². The van der Waals surface area contributed by atoms with Crippen molar-refractivity contribution < 1.29 is 4.74 Å². The molecule has 4 heteroatoms. The highest BCUT2D eigenvalue weighted by atomic mass is 35.5. The Kier molecular flexibility index (Phi) is 4.39. The number of benzene rings is 2. The third-order valence-electron chi connectivity index (χ3n) is 3.77. The molecule has 0 saturated carbocycles. The molecule has 1 heterocycles. The van der Waals surface area contributed by atoms with Crippen LogP contribution in [0.2, 0.25) is 10.0 Å². The van der Waals surface area contributed by atoms with Gasteiger partial charge >= 0.3 is 0 Å². The van der Waals surface area contributed by atoms with E-state index in [4.69, 9.17) is 27.9 Å². The molecule has 1 aliphatic rings. The summed E-state index contributed by atoms with van der Waals surface area (Å²) in [5.74, 6) is 0.991. The predicted molar refractivity (Wildman–Crippen MR) is 87.4 cm³/mol. The molecule has 0 aliphatic carbocycles. The van der Waals surface area contributed by atoms with Crippen molar-refractivity contribution in [3.05, 3.63) is 63.1 Å². The van der Waals surface area contributed by atoms with Gasteiger partial charge < -0.3 is 10.1 Å². The fourth-order valence-electron chi connectivity index (χ4n) is 2.63. The van der Waals surface area contributed by atoms with E-state index in [1.54, 1.807) is 0 Å². The van der Waals surface area contributed by atoms with Crippen molar-refractivity contribution in [1.82, 2.24) is 5.32 Å². The number of fused-ring (bicyclic) bond motifs is 1. The van der Waals surface area contributed by atoms with Crippen LogP contribution in [0.25, 0.3) is 0 Å². The second kappa shape index (κ2) is 6.27. The maximum atomic E-state index is 6.18. The Balaban J connectivity index is 1.73. The summed E-state index contributed by atoms with van der Waals surface area (Å²) in [7, 11) is 0. The van der Waals surface area contributed by atoms with Crippen molar-refractivity contribution in [2.45, 2.75) is 25.9 Å². The zero-order valence-electron chi connectivity index (χ0n) is 11.8. The van der Waals surface area contributed by atoms with E-state index >= 15 is 0 Å². The van der Waals surface area contributed by atoms with Gasteiger partial charge in [0.25, 0.3) is 0 Å². The van der Waals surface area contributed by atoms with Crippen LogP contribution in [0, 0.1) is 0 Å². The van der Waals surface area contributed by atoms with Gasteiger partial charge in [-0.15, -0.1) is 0 Å². The molecule has 1 N–H and O–H groups in total. The second-order valence-electron chi connectivity index (χ2n) is 5.31. The van der Waals surface area contributed by atoms with E-state index in [1.807, 2.05) is 30.3 Å². The topological polar surface area (TPSA) is 21.3 Å². The number of nitrogens with one attached hydrogen (secondary N) is 1. The van der Waals surface area contributed by atoms with E-state index in [0.29, 0.717) is 0 Å². The monoisotopic (exact) mass is 321 g/mol. The van der Waals surface area contributed by atoms with Crippen LogP contribution in [0.15, 0.2) is 36.4 Å². The van der Waals surface area contributed by atoms with Gasteiger partial charge in [0.1, 0.15) is 5.75 Å². The number of hydrogen-bond acceptors (Lipinski definition) is 2. The molecule has 2 aromatic carbocycles. The van der Waals surface area contributed by atoms with E-state index in [-0.39, 0.29) is 6.04 Å². The van der Waals surface area contributed by atoms with Gasteiger partial charge in [-0.25, -0.2) is 0 Å². The van der Waals surface area contributed by atoms with Crippen molar-refractivity contribution in [2.75, 3.05) is 6.61 Å². The lowest BCUT2D eigenvalue weighted by Gasteiger charge is -2.16. The summed E-state index contributed by atoms with van der Waals surface area (Å²) in [6, 6.07) is 12.1. The van der Waals surface area contributed by atoms with Gasteiger partial charge in [-0.2, -0.15) is 0 Å². The Hall–Kier alpha value is -1.22. The molecule has 0 amide bonds. The average molecular weight is 322 g/mol. The van der Waals surface area contributed by atoms with Crippen LogP contribution >= 0.6 is 23.2 Å². The molecule has 0 aromatic heterocycles. The van der Waals surface area contributed by atoms with E-state index in [2.05, 4.69) is 18.3 Å². The van der Waals surface area contributed by atoms with Crippen LogP contribution in [0.3, 0.4) is 0 Å². The Bertz CT molecular complexity index is 657. The number of halogens is 2. The first-order valence-electron chi connectivity index (χ1n) is 7.06. The Labute approximate surface area is 135 Å². The molecule has 0 spiro atoms. The molecule has 3 rings (SSSR count). The maximum Gasteiger partial charge on any atom is 0.127 e. The van der Waals surface area contributed by atoms with Crippen LogP contribution in [0.5, 0.6) is 5.75 Å². The summed E-state index contributed by atoms with van der Waals surface area (Å²) in [6.07, 6.45) is 0.937. The average Bonchev–Trinajstić information content (AvgIpc) is 2.92. The van der Waals surface area contributed by atoms with Gasteiger partial charge in [0.2, 0.25) is 0 Å². The lowest BCUT2D eigenvalue weighted by Crippen LogP contribution is -2.18. The van der Waals surface area contributed by atoms with Gasteiger partial charge in [-0.05, 0) is 42.3 Å². The van der Waals surface area contributed by atoms with Gasteiger partial charge in [0.15, 0.2) is 0 Å². The third-order valence-corrected chi connectivity index (χ3v) is 4.23. The quantitative estimate of drug-likeness (QED) is 0.875. The van der Waals surface area contributed by atoms with Gasteiger partial charge in [0, 0.05) is 34.6 Å². The van der Waals surface area contributed by atoms with Crippen molar-refractivity contribution in [3.63, 3.8) is 0 Å². The van der Waals surface area contributed by atoms with E-state index in [1.165, 1.54) is 11.1 Å².